The number of aryl methyl sites for hydroxylation is 2. The molecule has 0 N–H and O–H groups in total. The largest absolute Gasteiger partial charge is 0.356 e. The number of hydrogen-bond donors (Lipinski definition) is 0. The Labute approximate surface area is 300 Å². The highest BCUT2D eigenvalue weighted by molar-refractivity contribution is 7.89. The lowest BCUT2D eigenvalue weighted by atomic mass is 9.47. The fourth-order valence-electron chi connectivity index (χ4n) is 12.2. The molecule has 9 heteroatoms. The van der Waals surface area contributed by atoms with Crippen molar-refractivity contribution in [2.45, 2.75) is 127 Å². The van der Waals surface area contributed by atoms with Crippen molar-refractivity contribution in [1.29, 1.82) is 0 Å². The maximum Gasteiger partial charge on any atom is 0.297 e. The molecule has 0 unspecified atom stereocenters. The van der Waals surface area contributed by atoms with Crippen molar-refractivity contribution >= 4 is 20.1 Å². The van der Waals surface area contributed by atoms with Gasteiger partial charge in [-0.1, -0.05) is 74.7 Å². The van der Waals surface area contributed by atoms with Crippen LogP contribution in [0.3, 0.4) is 0 Å². The van der Waals surface area contributed by atoms with Crippen LogP contribution in [0.5, 0.6) is 0 Å². The zero-order valence-electron chi connectivity index (χ0n) is 30.6. The Morgan fingerprint density at radius 3 is 2.16 bits per heavy atom. The Bertz CT molecular complexity index is 1890. The van der Waals surface area contributed by atoms with Gasteiger partial charge in [0.15, 0.2) is 0 Å². The molecule has 2 saturated heterocycles. The van der Waals surface area contributed by atoms with Crippen molar-refractivity contribution in [2.75, 3.05) is 6.54 Å². The van der Waals surface area contributed by atoms with Crippen LogP contribution in [0.25, 0.3) is 0 Å². The van der Waals surface area contributed by atoms with Crippen molar-refractivity contribution in [2.24, 2.45) is 46.3 Å². The lowest BCUT2D eigenvalue weighted by Crippen LogP contribution is -2.60. The van der Waals surface area contributed by atoms with Crippen LogP contribution in [0, 0.1) is 60.2 Å². The SMILES string of the molecule is Cc1ccc(S(=O)(=O)O[C@H]2CC[C@@]3(C)C(=CC[C@@H]4[C@H]5C[C@@H]6O[C@@]7(CC[C@@H](C)CN7S(=O)(=O)c7ccc(C)cc7)[C@@H](C)[C@@H]6[C@@]5(C)CC[C@@H]43)C2)cc1. The predicted molar refractivity (Wildman–Crippen MR) is 194 cm³/mol. The molecule has 0 amide bonds. The average molecular weight is 722 g/mol. The van der Waals surface area contributed by atoms with E-state index in [1.165, 1.54) is 5.57 Å². The Morgan fingerprint density at radius 2 is 1.48 bits per heavy atom. The number of nitrogens with zero attached hydrogens (tertiary/aromatic N) is 1. The number of benzene rings is 2. The zero-order chi connectivity index (χ0) is 35.4. The number of sulfonamides is 1. The minimum Gasteiger partial charge on any atom is -0.356 e. The summed E-state index contributed by atoms with van der Waals surface area (Å²) in [5.41, 5.74) is 2.77. The van der Waals surface area contributed by atoms with Gasteiger partial charge in [0.2, 0.25) is 10.0 Å². The van der Waals surface area contributed by atoms with Gasteiger partial charge >= 0.3 is 0 Å². The van der Waals surface area contributed by atoms with Crippen LogP contribution in [0.2, 0.25) is 0 Å². The normalized spacial score (nSPS) is 41.6. The molecule has 5 fully saturated rings. The van der Waals surface area contributed by atoms with Gasteiger partial charge in [0, 0.05) is 12.5 Å². The Hall–Kier alpha value is -2.04. The minimum atomic E-state index is -3.82. The van der Waals surface area contributed by atoms with E-state index in [0.29, 0.717) is 41.5 Å². The third-order valence-corrected chi connectivity index (χ3v) is 18.1. The lowest BCUT2D eigenvalue weighted by molar-refractivity contribution is -0.161. The third-order valence-electron chi connectivity index (χ3n) is 14.8. The van der Waals surface area contributed by atoms with Crippen LogP contribution in [0.15, 0.2) is 70.0 Å². The molecule has 4 aliphatic carbocycles. The van der Waals surface area contributed by atoms with Crippen LogP contribution in [-0.2, 0) is 29.1 Å². The summed E-state index contributed by atoms with van der Waals surface area (Å²) in [5, 5.41) is 0. The van der Waals surface area contributed by atoms with Crippen molar-refractivity contribution in [3.8, 4) is 0 Å². The standard InChI is InChI=1S/C41H55NO6S2/c1-26-7-12-32(13-8-26)49(43,44)42-25-28(3)17-22-41(42)29(4)38-37(47-41)24-36-34-16-11-30-23-31(48-50(45,46)33-14-9-27(2)10-15-33)18-20-39(30,5)35(34)19-21-40(36,38)6/h7-15,28-29,31,34-38H,16-25H2,1-6H3/t28-,29+,31+,34+,35+,36-,37+,38+,39+,40+,41+/m1/s1. The highest BCUT2D eigenvalue weighted by Gasteiger charge is 2.70. The van der Waals surface area contributed by atoms with E-state index in [0.717, 1.165) is 62.5 Å². The number of hydrogen-bond acceptors (Lipinski definition) is 6. The quantitative estimate of drug-likeness (QED) is 0.228. The van der Waals surface area contributed by atoms with E-state index >= 15 is 0 Å². The van der Waals surface area contributed by atoms with Gasteiger partial charge in [0.25, 0.3) is 10.1 Å². The number of rotatable bonds is 5. The molecular formula is C41H55NO6S2. The van der Waals surface area contributed by atoms with Crippen molar-refractivity contribution in [3.05, 3.63) is 71.3 Å². The van der Waals surface area contributed by atoms with Crippen LogP contribution in [0.4, 0.5) is 0 Å². The Balaban J connectivity index is 1.03. The molecule has 0 bridgehead atoms. The molecule has 2 heterocycles. The van der Waals surface area contributed by atoms with Gasteiger partial charge in [-0.25, -0.2) is 8.42 Å². The molecule has 7 nitrogen and oxygen atoms in total. The smallest absolute Gasteiger partial charge is 0.297 e. The molecule has 8 rings (SSSR count). The number of piperidine rings is 1. The van der Waals surface area contributed by atoms with E-state index < -0.39 is 25.9 Å². The average Bonchev–Trinajstić information content (AvgIpc) is 3.52. The van der Waals surface area contributed by atoms with Gasteiger partial charge in [0.1, 0.15) is 5.72 Å². The van der Waals surface area contributed by atoms with E-state index in [9.17, 15) is 16.8 Å². The summed E-state index contributed by atoms with van der Waals surface area (Å²) in [6.07, 6.45) is 10.5. The van der Waals surface area contributed by atoms with Crippen molar-refractivity contribution < 1.29 is 25.8 Å². The monoisotopic (exact) mass is 721 g/mol. The molecule has 2 aromatic carbocycles. The van der Waals surface area contributed by atoms with Gasteiger partial charge in [0.05, 0.1) is 22.0 Å². The van der Waals surface area contributed by atoms with E-state index in [-0.39, 0.29) is 39.8 Å². The summed E-state index contributed by atoms with van der Waals surface area (Å²) in [4.78, 5) is 0.587. The maximum atomic E-state index is 14.4. The minimum absolute atomic E-state index is 0.0432. The molecule has 272 valence electrons. The molecule has 0 aromatic heterocycles. The first-order chi connectivity index (χ1) is 23.6. The topological polar surface area (TPSA) is 90.0 Å². The lowest BCUT2D eigenvalue weighted by Gasteiger charge is -2.59. The Kier molecular flexibility index (Phi) is 8.40. The molecule has 2 aromatic rings. The van der Waals surface area contributed by atoms with E-state index in [1.807, 2.05) is 38.1 Å². The van der Waals surface area contributed by atoms with E-state index in [1.54, 1.807) is 28.6 Å². The summed E-state index contributed by atoms with van der Waals surface area (Å²) in [6.45, 7) is 13.8. The summed E-state index contributed by atoms with van der Waals surface area (Å²) in [5.74, 6) is 2.31. The summed E-state index contributed by atoms with van der Waals surface area (Å²) in [7, 11) is -7.56. The predicted octanol–water partition coefficient (Wildman–Crippen LogP) is 8.42. The molecule has 50 heavy (non-hydrogen) atoms. The second kappa shape index (κ2) is 12.0. The maximum absolute atomic E-state index is 14.4. The van der Waals surface area contributed by atoms with Gasteiger partial charge in [-0.3, -0.25) is 4.18 Å². The molecule has 1 spiro atoms. The van der Waals surface area contributed by atoms with Gasteiger partial charge in [-0.2, -0.15) is 12.7 Å². The number of allylic oxidation sites excluding steroid dienone is 1. The molecule has 0 radical (unpaired) electrons. The fraction of sp³-hybridized carbons (Fsp3) is 0.659. The van der Waals surface area contributed by atoms with Crippen molar-refractivity contribution in [1.82, 2.24) is 4.31 Å². The fourth-order valence-corrected chi connectivity index (χ4v) is 15.2. The first kappa shape index (κ1) is 35.0. The van der Waals surface area contributed by atoms with Crippen LogP contribution < -0.4 is 0 Å². The van der Waals surface area contributed by atoms with Gasteiger partial charge in [-0.15, -0.1) is 0 Å². The van der Waals surface area contributed by atoms with Crippen molar-refractivity contribution in [3.63, 3.8) is 0 Å². The molecule has 11 atom stereocenters. The molecule has 3 saturated carbocycles. The Morgan fingerprint density at radius 1 is 0.820 bits per heavy atom. The highest BCUT2D eigenvalue weighted by Crippen LogP contribution is 2.71. The first-order valence-corrected chi connectivity index (χ1v) is 21.9. The second-order valence-electron chi connectivity index (χ2n) is 17.6. The van der Waals surface area contributed by atoms with Crippen LogP contribution in [0.1, 0.15) is 96.6 Å². The first-order valence-electron chi connectivity index (χ1n) is 19.1. The van der Waals surface area contributed by atoms with E-state index in [4.69, 9.17) is 8.92 Å². The summed E-state index contributed by atoms with van der Waals surface area (Å²) >= 11 is 0. The number of fused-ring (bicyclic) bond motifs is 7. The third kappa shape index (κ3) is 5.26. The highest BCUT2D eigenvalue weighted by atomic mass is 32.2. The molecule has 2 aliphatic heterocycles. The summed E-state index contributed by atoms with van der Waals surface area (Å²) < 4.78 is 70.0. The molecule has 6 aliphatic rings. The molecular weight excluding hydrogens is 667 g/mol. The van der Waals surface area contributed by atoms with Gasteiger partial charge in [-0.05, 0) is 136 Å². The second-order valence-corrected chi connectivity index (χ2v) is 21.0. The van der Waals surface area contributed by atoms with Gasteiger partial charge < -0.3 is 4.74 Å². The van der Waals surface area contributed by atoms with Crippen LogP contribution >= 0.6 is 0 Å². The number of ether oxygens (including phenoxy) is 1. The van der Waals surface area contributed by atoms with Crippen LogP contribution in [-0.4, -0.2) is 45.6 Å². The summed E-state index contributed by atoms with van der Waals surface area (Å²) in [6, 6.07) is 14.2. The van der Waals surface area contributed by atoms with E-state index in [2.05, 4.69) is 33.8 Å². The zero-order valence-corrected chi connectivity index (χ0v) is 32.2.